The van der Waals surface area contributed by atoms with Gasteiger partial charge < -0.3 is 10.6 Å². The van der Waals surface area contributed by atoms with Gasteiger partial charge in [0.15, 0.2) is 0 Å². The van der Waals surface area contributed by atoms with Crippen LogP contribution >= 0.6 is 0 Å². The van der Waals surface area contributed by atoms with Crippen molar-refractivity contribution in [3.05, 3.63) is 0 Å². The molecule has 1 saturated carbocycles. The van der Waals surface area contributed by atoms with Crippen molar-refractivity contribution in [2.24, 2.45) is 5.41 Å². The Morgan fingerprint density at radius 1 is 1.33 bits per heavy atom. The number of rotatable bonds is 4. The molecule has 1 aliphatic carbocycles. The highest BCUT2D eigenvalue weighted by molar-refractivity contribution is 6.06. The minimum absolute atomic E-state index is 0.0944. The second kappa shape index (κ2) is 5.31. The highest BCUT2D eigenvalue weighted by atomic mass is 16.2. The molecule has 2 aliphatic rings. The van der Waals surface area contributed by atoms with E-state index in [0.717, 1.165) is 24.2 Å². The summed E-state index contributed by atoms with van der Waals surface area (Å²) in [5, 5.41) is 5.61. The first kappa shape index (κ1) is 15.8. The van der Waals surface area contributed by atoms with E-state index < -0.39 is 11.6 Å². The molecule has 0 aromatic heterocycles. The maximum atomic E-state index is 12.0. The zero-order chi connectivity index (χ0) is 15.8. The molecule has 6 nitrogen and oxygen atoms in total. The monoisotopic (exact) mass is 295 g/mol. The van der Waals surface area contributed by atoms with Crippen molar-refractivity contribution in [3.8, 4) is 0 Å². The van der Waals surface area contributed by atoms with Gasteiger partial charge in [0.25, 0.3) is 5.91 Å². The van der Waals surface area contributed by atoms with Crippen LogP contribution in [0, 0.1) is 5.41 Å². The number of carbonyl (C=O) groups excluding carboxylic acids is 3. The van der Waals surface area contributed by atoms with E-state index in [1.165, 1.54) is 0 Å². The standard InChI is InChI=1S/C15H25N3O3/c1-14(2)7-5-10(9-14)16-11(19)6-8-18-12(20)15(3,4)17-13(18)21/h10H,5-9H2,1-4H3,(H,16,19)(H,17,21). The summed E-state index contributed by atoms with van der Waals surface area (Å²) in [6.45, 7) is 7.86. The topological polar surface area (TPSA) is 78.5 Å². The summed E-state index contributed by atoms with van der Waals surface area (Å²) < 4.78 is 0. The highest BCUT2D eigenvalue weighted by Gasteiger charge is 2.44. The van der Waals surface area contributed by atoms with Gasteiger partial charge in [-0.1, -0.05) is 13.8 Å². The van der Waals surface area contributed by atoms with Gasteiger partial charge in [0, 0.05) is 19.0 Å². The van der Waals surface area contributed by atoms with Crippen molar-refractivity contribution in [1.82, 2.24) is 15.5 Å². The van der Waals surface area contributed by atoms with Crippen LogP contribution in [0.25, 0.3) is 0 Å². The third-order valence-corrected chi connectivity index (χ3v) is 4.34. The molecule has 21 heavy (non-hydrogen) atoms. The molecular weight excluding hydrogens is 270 g/mol. The Morgan fingerprint density at radius 3 is 2.48 bits per heavy atom. The first-order valence-corrected chi connectivity index (χ1v) is 7.54. The molecule has 2 rings (SSSR count). The van der Waals surface area contributed by atoms with Gasteiger partial charge in [-0.3, -0.25) is 14.5 Å². The van der Waals surface area contributed by atoms with Crippen molar-refractivity contribution >= 4 is 17.8 Å². The Kier molecular flexibility index (Phi) is 4.00. The number of nitrogens with zero attached hydrogens (tertiary/aromatic N) is 1. The van der Waals surface area contributed by atoms with Crippen molar-refractivity contribution in [2.75, 3.05) is 6.54 Å². The molecule has 1 heterocycles. The second-order valence-corrected chi connectivity index (χ2v) is 7.43. The first-order chi connectivity index (χ1) is 9.61. The fraction of sp³-hybridized carbons (Fsp3) is 0.800. The average Bonchev–Trinajstić information content (AvgIpc) is 2.76. The van der Waals surface area contributed by atoms with Crippen molar-refractivity contribution in [1.29, 1.82) is 0 Å². The summed E-state index contributed by atoms with van der Waals surface area (Å²) in [7, 11) is 0. The lowest BCUT2D eigenvalue weighted by atomic mass is 9.92. The predicted molar refractivity (Wildman–Crippen MR) is 78.5 cm³/mol. The highest BCUT2D eigenvalue weighted by Crippen LogP contribution is 2.36. The molecule has 0 spiro atoms. The summed E-state index contributed by atoms with van der Waals surface area (Å²) in [6, 6.07) is -0.202. The van der Waals surface area contributed by atoms with E-state index in [-0.39, 0.29) is 36.2 Å². The van der Waals surface area contributed by atoms with Gasteiger partial charge >= 0.3 is 6.03 Å². The first-order valence-electron chi connectivity index (χ1n) is 7.54. The fourth-order valence-electron chi connectivity index (χ4n) is 3.09. The van der Waals surface area contributed by atoms with Gasteiger partial charge in [-0.2, -0.15) is 0 Å². The van der Waals surface area contributed by atoms with Crippen molar-refractivity contribution in [2.45, 2.75) is 65.0 Å². The molecule has 0 aromatic rings. The minimum atomic E-state index is -0.872. The summed E-state index contributed by atoms with van der Waals surface area (Å²) in [5.74, 6) is -0.370. The van der Waals surface area contributed by atoms with Crippen LogP contribution in [0.15, 0.2) is 0 Å². The van der Waals surface area contributed by atoms with Crippen LogP contribution in [0.3, 0.4) is 0 Å². The van der Waals surface area contributed by atoms with E-state index in [0.29, 0.717) is 0 Å². The van der Waals surface area contributed by atoms with Crippen molar-refractivity contribution < 1.29 is 14.4 Å². The zero-order valence-corrected chi connectivity index (χ0v) is 13.3. The van der Waals surface area contributed by atoms with Crippen molar-refractivity contribution in [3.63, 3.8) is 0 Å². The lowest BCUT2D eigenvalue weighted by Crippen LogP contribution is -2.41. The minimum Gasteiger partial charge on any atom is -0.353 e. The number of urea groups is 1. The van der Waals surface area contributed by atoms with Gasteiger partial charge in [-0.05, 0) is 38.5 Å². The molecule has 4 amide bonds. The Morgan fingerprint density at radius 2 is 2.00 bits per heavy atom. The number of nitrogens with one attached hydrogen (secondary N) is 2. The molecule has 2 N–H and O–H groups in total. The van der Waals surface area contributed by atoms with Crippen LogP contribution in [0.4, 0.5) is 4.79 Å². The molecule has 0 bridgehead atoms. The SMILES string of the molecule is CC1(C)CCC(NC(=O)CCN2C(=O)NC(C)(C)C2=O)C1. The van der Waals surface area contributed by atoms with Gasteiger partial charge in [0.1, 0.15) is 5.54 Å². The summed E-state index contributed by atoms with van der Waals surface area (Å²) in [5.41, 5.74) is -0.587. The van der Waals surface area contributed by atoms with E-state index in [2.05, 4.69) is 24.5 Å². The molecular formula is C15H25N3O3. The molecule has 1 saturated heterocycles. The Labute approximate surface area is 125 Å². The van der Waals surface area contributed by atoms with E-state index in [9.17, 15) is 14.4 Å². The predicted octanol–water partition coefficient (Wildman–Crippen LogP) is 1.40. The van der Waals surface area contributed by atoms with E-state index in [4.69, 9.17) is 0 Å². The van der Waals surface area contributed by atoms with Crippen LogP contribution in [-0.2, 0) is 9.59 Å². The van der Waals surface area contributed by atoms with Crippen LogP contribution in [0.5, 0.6) is 0 Å². The average molecular weight is 295 g/mol. The number of hydrogen-bond donors (Lipinski definition) is 2. The Bertz CT molecular complexity index is 471. The smallest absolute Gasteiger partial charge is 0.325 e. The normalized spacial score (nSPS) is 26.9. The van der Waals surface area contributed by atoms with Crippen LogP contribution in [0.2, 0.25) is 0 Å². The third-order valence-electron chi connectivity index (χ3n) is 4.34. The maximum absolute atomic E-state index is 12.0. The van der Waals surface area contributed by atoms with Crippen LogP contribution in [-0.4, -0.2) is 40.9 Å². The quantitative estimate of drug-likeness (QED) is 0.770. The number of amides is 4. The zero-order valence-electron chi connectivity index (χ0n) is 13.3. The van der Waals surface area contributed by atoms with Crippen LogP contribution < -0.4 is 10.6 Å². The molecule has 6 heteroatoms. The van der Waals surface area contributed by atoms with Gasteiger partial charge in [0.2, 0.25) is 5.91 Å². The molecule has 1 atom stereocenters. The van der Waals surface area contributed by atoms with E-state index in [1.807, 2.05) is 0 Å². The number of imide groups is 1. The molecule has 0 aromatic carbocycles. The largest absolute Gasteiger partial charge is 0.353 e. The lowest BCUT2D eigenvalue weighted by Gasteiger charge is -2.19. The molecule has 1 unspecified atom stereocenters. The summed E-state index contributed by atoms with van der Waals surface area (Å²) in [6.07, 6.45) is 3.25. The molecule has 1 aliphatic heterocycles. The Hall–Kier alpha value is -1.59. The van der Waals surface area contributed by atoms with Gasteiger partial charge in [-0.15, -0.1) is 0 Å². The lowest BCUT2D eigenvalue weighted by molar-refractivity contribution is -0.130. The van der Waals surface area contributed by atoms with Crippen LogP contribution in [0.1, 0.15) is 53.4 Å². The third kappa shape index (κ3) is 3.54. The Balaban J connectivity index is 1.80. The molecule has 2 fully saturated rings. The fourth-order valence-corrected chi connectivity index (χ4v) is 3.09. The van der Waals surface area contributed by atoms with Gasteiger partial charge in [0.05, 0.1) is 0 Å². The summed E-state index contributed by atoms with van der Waals surface area (Å²) in [4.78, 5) is 36.8. The second-order valence-electron chi connectivity index (χ2n) is 7.43. The van der Waals surface area contributed by atoms with Gasteiger partial charge in [-0.25, -0.2) is 4.79 Å². The van der Waals surface area contributed by atoms with E-state index >= 15 is 0 Å². The summed E-state index contributed by atoms with van der Waals surface area (Å²) >= 11 is 0. The molecule has 118 valence electrons. The maximum Gasteiger partial charge on any atom is 0.325 e. The van der Waals surface area contributed by atoms with E-state index in [1.54, 1.807) is 13.8 Å². The number of hydrogen-bond acceptors (Lipinski definition) is 3. The molecule has 0 radical (unpaired) electrons. The number of carbonyl (C=O) groups is 3.